The van der Waals surface area contributed by atoms with Gasteiger partial charge >= 0.3 is 0 Å². The van der Waals surface area contributed by atoms with E-state index in [2.05, 4.69) is 26.1 Å². The van der Waals surface area contributed by atoms with Crippen LogP contribution >= 0.6 is 0 Å². The van der Waals surface area contributed by atoms with Crippen molar-refractivity contribution in [1.82, 2.24) is 5.32 Å². The van der Waals surface area contributed by atoms with Gasteiger partial charge < -0.3 is 0 Å². The first-order valence-corrected chi connectivity index (χ1v) is 7.22. The lowest BCUT2D eigenvalue weighted by Crippen LogP contribution is -2.50. The molecule has 0 bridgehead atoms. The topological polar surface area (TPSA) is 46.2 Å². The molecule has 1 aromatic carbocycles. The van der Waals surface area contributed by atoms with Gasteiger partial charge in [0.15, 0.2) is 0 Å². The van der Waals surface area contributed by atoms with Gasteiger partial charge in [-0.3, -0.25) is 14.9 Å². The van der Waals surface area contributed by atoms with Crippen LogP contribution in [-0.2, 0) is 9.59 Å². The molecule has 0 aromatic heterocycles. The summed E-state index contributed by atoms with van der Waals surface area (Å²) in [6.45, 7) is 8.36. The lowest BCUT2D eigenvalue weighted by Gasteiger charge is -2.41. The summed E-state index contributed by atoms with van der Waals surface area (Å²) in [5.74, 6) is -0.107. The van der Waals surface area contributed by atoms with E-state index >= 15 is 0 Å². The number of benzene rings is 1. The van der Waals surface area contributed by atoms with Crippen LogP contribution in [0.4, 0.5) is 0 Å². The number of piperidine rings is 1. The third-order valence-electron chi connectivity index (χ3n) is 4.07. The largest absolute Gasteiger partial charge is 0.296 e. The van der Waals surface area contributed by atoms with E-state index in [0.717, 1.165) is 12.0 Å². The zero-order valence-electron chi connectivity index (χ0n) is 12.7. The van der Waals surface area contributed by atoms with Gasteiger partial charge in [0.1, 0.15) is 0 Å². The highest BCUT2D eigenvalue weighted by Crippen LogP contribution is 2.45. The van der Waals surface area contributed by atoms with Gasteiger partial charge in [0.2, 0.25) is 11.8 Å². The molecule has 2 amide bonds. The molecule has 3 heteroatoms. The van der Waals surface area contributed by atoms with Crippen LogP contribution in [-0.4, -0.2) is 11.8 Å². The predicted molar refractivity (Wildman–Crippen MR) is 79.2 cm³/mol. The highest BCUT2D eigenvalue weighted by atomic mass is 16.2. The van der Waals surface area contributed by atoms with Gasteiger partial charge in [0, 0.05) is 6.42 Å². The van der Waals surface area contributed by atoms with Crippen molar-refractivity contribution in [2.75, 3.05) is 0 Å². The molecule has 3 nitrogen and oxygen atoms in total. The Labute approximate surface area is 120 Å². The fourth-order valence-electron chi connectivity index (χ4n) is 3.47. The van der Waals surface area contributed by atoms with Crippen molar-refractivity contribution in [3.8, 4) is 0 Å². The molecule has 0 radical (unpaired) electrons. The summed E-state index contributed by atoms with van der Waals surface area (Å²) >= 11 is 0. The molecule has 1 N–H and O–H groups in total. The van der Waals surface area contributed by atoms with Crippen LogP contribution in [0.2, 0.25) is 0 Å². The number of imide groups is 1. The molecule has 108 valence electrons. The van der Waals surface area contributed by atoms with Crippen molar-refractivity contribution in [2.24, 2.45) is 11.3 Å². The van der Waals surface area contributed by atoms with Crippen molar-refractivity contribution in [3.05, 3.63) is 35.4 Å². The fraction of sp³-hybridized carbons (Fsp3) is 0.529. The number of hydrogen-bond donors (Lipinski definition) is 1. The second-order valence-corrected chi connectivity index (χ2v) is 6.68. The highest BCUT2D eigenvalue weighted by Gasteiger charge is 2.46. The maximum atomic E-state index is 12.4. The van der Waals surface area contributed by atoms with Gasteiger partial charge in [-0.05, 0) is 30.2 Å². The molecule has 0 spiro atoms. The summed E-state index contributed by atoms with van der Waals surface area (Å²) in [6, 6.07) is 8.06. The third kappa shape index (κ3) is 2.92. The first kappa shape index (κ1) is 14.8. The Morgan fingerprint density at radius 3 is 2.40 bits per heavy atom. The maximum absolute atomic E-state index is 12.4. The quantitative estimate of drug-likeness (QED) is 0.860. The van der Waals surface area contributed by atoms with Gasteiger partial charge in [-0.1, -0.05) is 50.6 Å². The molecule has 1 aromatic rings. The average Bonchev–Trinajstić information content (AvgIpc) is 2.28. The monoisotopic (exact) mass is 273 g/mol. The number of carbonyl (C=O) groups is 2. The Morgan fingerprint density at radius 1 is 1.25 bits per heavy atom. The summed E-state index contributed by atoms with van der Waals surface area (Å²) < 4.78 is 0. The Balaban J connectivity index is 2.41. The van der Waals surface area contributed by atoms with E-state index in [-0.39, 0.29) is 23.1 Å². The summed E-state index contributed by atoms with van der Waals surface area (Å²) in [7, 11) is 0. The van der Waals surface area contributed by atoms with Crippen molar-refractivity contribution < 1.29 is 9.59 Å². The van der Waals surface area contributed by atoms with E-state index in [9.17, 15) is 9.59 Å². The first-order chi connectivity index (χ1) is 9.32. The minimum absolute atomic E-state index is 0.151. The molecular weight excluding hydrogens is 250 g/mol. The highest BCUT2D eigenvalue weighted by molar-refractivity contribution is 6.02. The minimum Gasteiger partial charge on any atom is -0.296 e. The van der Waals surface area contributed by atoms with Crippen LogP contribution in [0.5, 0.6) is 0 Å². The van der Waals surface area contributed by atoms with Gasteiger partial charge in [0.25, 0.3) is 0 Å². The molecule has 1 heterocycles. The molecule has 1 aliphatic rings. The van der Waals surface area contributed by atoms with Crippen molar-refractivity contribution >= 4 is 11.8 Å². The zero-order valence-corrected chi connectivity index (χ0v) is 12.7. The zero-order chi connectivity index (χ0) is 14.9. The number of hydrogen-bond acceptors (Lipinski definition) is 2. The van der Waals surface area contributed by atoms with Gasteiger partial charge in [-0.25, -0.2) is 0 Å². The van der Waals surface area contributed by atoms with Crippen LogP contribution in [0.3, 0.4) is 0 Å². The SMILES string of the molecule is Cc1ccc(C2C(=O)NC(=O)CC2(C)CC(C)C)cc1. The van der Waals surface area contributed by atoms with Crippen molar-refractivity contribution in [3.63, 3.8) is 0 Å². The molecule has 1 saturated heterocycles. The lowest BCUT2D eigenvalue weighted by molar-refractivity contribution is -0.140. The number of nitrogens with one attached hydrogen (secondary N) is 1. The summed E-state index contributed by atoms with van der Waals surface area (Å²) in [5.41, 5.74) is 1.87. The Bertz CT molecular complexity index is 518. The molecule has 2 rings (SSSR count). The minimum atomic E-state index is -0.303. The van der Waals surface area contributed by atoms with Crippen LogP contribution in [0.1, 0.15) is 50.7 Å². The molecule has 1 fully saturated rings. The van der Waals surface area contributed by atoms with Crippen molar-refractivity contribution in [1.29, 1.82) is 0 Å². The average molecular weight is 273 g/mol. The van der Waals surface area contributed by atoms with E-state index in [1.165, 1.54) is 5.56 Å². The molecule has 1 aliphatic heterocycles. The van der Waals surface area contributed by atoms with Crippen LogP contribution in [0, 0.1) is 18.3 Å². The third-order valence-corrected chi connectivity index (χ3v) is 4.07. The van der Waals surface area contributed by atoms with E-state index < -0.39 is 0 Å². The van der Waals surface area contributed by atoms with Crippen molar-refractivity contribution in [2.45, 2.75) is 46.5 Å². The molecule has 0 aliphatic carbocycles. The smallest absolute Gasteiger partial charge is 0.234 e. The molecular formula is C17H23NO2. The molecule has 20 heavy (non-hydrogen) atoms. The standard InChI is InChI=1S/C17H23NO2/c1-11(2)9-17(4)10-14(19)18-16(20)15(17)13-7-5-12(3)6-8-13/h5-8,11,15H,9-10H2,1-4H3,(H,18,19,20). The van der Waals surface area contributed by atoms with Crippen LogP contribution < -0.4 is 5.32 Å². The second kappa shape index (κ2) is 5.39. The Kier molecular flexibility index (Phi) is 3.98. The second-order valence-electron chi connectivity index (χ2n) is 6.68. The predicted octanol–water partition coefficient (Wildman–Crippen LogP) is 3.18. The Hall–Kier alpha value is -1.64. The van der Waals surface area contributed by atoms with E-state index in [1.54, 1.807) is 0 Å². The molecule has 2 unspecified atom stereocenters. The van der Waals surface area contributed by atoms with Crippen LogP contribution in [0.25, 0.3) is 0 Å². The summed E-state index contributed by atoms with van der Waals surface area (Å²) in [6.07, 6.45) is 1.28. The van der Waals surface area contributed by atoms with Gasteiger partial charge in [0.05, 0.1) is 5.92 Å². The number of amides is 2. The van der Waals surface area contributed by atoms with E-state index in [4.69, 9.17) is 0 Å². The van der Waals surface area contributed by atoms with E-state index in [1.807, 2.05) is 31.2 Å². The van der Waals surface area contributed by atoms with Gasteiger partial charge in [-0.2, -0.15) is 0 Å². The first-order valence-electron chi connectivity index (χ1n) is 7.22. The summed E-state index contributed by atoms with van der Waals surface area (Å²) in [5, 5.41) is 2.49. The normalized spacial score (nSPS) is 26.8. The molecule has 2 atom stereocenters. The maximum Gasteiger partial charge on any atom is 0.234 e. The molecule has 0 saturated carbocycles. The van der Waals surface area contributed by atoms with Crippen LogP contribution in [0.15, 0.2) is 24.3 Å². The number of rotatable bonds is 3. The number of carbonyl (C=O) groups excluding carboxylic acids is 2. The van der Waals surface area contributed by atoms with E-state index in [0.29, 0.717) is 12.3 Å². The lowest BCUT2D eigenvalue weighted by atomic mass is 9.65. The summed E-state index contributed by atoms with van der Waals surface area (Å²) in [4.78, 5) is 24.1. The number of aryl methyl sites for hydroxylation is 1. The Morgan fingerprint density at radius 2 is 1.85 bits per heavy atom. The fourth-order valence-corrected chi connectivity index (χ4v) is 3.47. The van der Waals surface area contributed by atoms with Gasteiger partial charge in [-0.15, -0.1) is 0 Å².